The average Bonchev–Trinajstić information content (AvgIpc) is 2.17. The summed E-state index contributed by atoms with van der Waals surface area (Å²) in [6.07, 6.45) is 0. The van der Waals surface area contributed by atoms with Crippen LogP contribution in [0.1, 0.15) is 10.4 Å². The first-order chi connectivity index (χ1) is 7.55. The van der Waals surface area contributed by atoms with Gasteiger partial charge in [-0.2, -0.15) is 21.6 Å². The highest BCUT2D eigenvalue weighted by Gasteiger charge is 2.44. The molecule has 1 aromatic rings. The Morgan fingerprint density at radius 1 is 1.12 bits per heavy atom. The van der Waals surface area contributed by atoms with Crippen LogP contribution in [-0.4, -0.2) is 29.6 Å². The third-order valence-electron chi connectivity index (χ3n) is 1.31. The van der Waals surface area contributed by atoms with Crippen LogP contribution in [0.25, 0.3) is 0 Å². The number of benzene rings is 1. The molecule has 0 aliphatic carbocycles. The van der Waals surface area contributed by atoms with E-state index in [1.54, 1.807) is 30.3 Å². The molecule has 0 heterocycles. The molecular weight excluding hydrogens is 265 g/mol. The predicted octanol–water partition coefficient (Wildman–Crippen LogP) is 1.78. The first kappa shape index (κ1) is 15.4. The molecule has 0 fully saturated rings. The summed E-state index contributed by atoms with van der Waals surface area (Å²) in [6.45, 7) is 0. The Bertz CT molecular complexity index is 466. The molecule has 0 radical (unpaired) electrons. The SMILES string of the molecule is O=C(O)c1ccccc1.O=S(=O)(O)C(F)(F)F. The van der Waals surface area contributed by atoms with Crippen LogP contribution in [0.4, 0.5) is 13.2 Å². The van der Waals surface area contributed by atoms with Crippen molar-refractivity contribution in [1.82, 2.24) is 0 Å². The number of aromatic carboxylic acids is 1. The largest absolute Gasteiger partial charge is 0.522 e. The number of hydrogen-bond acceptors (Lipinski definition) is 3. The molecule has 96 valence electrons. The van der Waals surface area contributed by atoms with Crippen LogP contribution in [0.2, 0.25) is 0 Å². The highest BCUT2D eigenvalue weighted by molar-refractivity contribution is 7.86. The van der Waals surface area contributed by atoms with Gasteiger partial charge >= 0.3 is 21.6 Å². The van der Waals surface area contributed by atoms with Crippen molar-refractivity contribution in [1.29, 1.82) is 0 Å². The number of hydrogen-bond donors (Lipinski definition) is 2. The van der Waals surface area contributed by atoms with Gasteiger partial charge in [-0.15, -0.1) is 0 Å². The normalized spacial score (nSPS) is 11.3. The molecule has 5 nitrogen and oxygen atoms in total. The molecule has 2 N–H and O–H groups in total. The zero-order valence-corrected chi connectivity index (χ0v) is 8.86. The molecular formula is C8H7F3O5S. The van der Waals surface area contributed by atoms with Crippen molar-refractivity contribution < 1.29 is 36.0 Å². The Labute approximate surface area is 94.2 Å². The molecule has 1 aromatic carbocycles. The van der Waals surface area contributed by atoms with Crippen molar-refractivity contribution in [2.24, 2.45) is 0 Å². The maximum absolute atomic E-state index is 10.7. The van der Waals surface area contributed by atoms with Crippen molar-refractivity contribution in [3.63, 3.8) is 0 Å². The van der Waals surface area contributed by atoms with E-state index in [9.17, 15) is 18.0 Å². The lowest BCUT2D eigenvalue weighted by Crippen LogP contribution is -2.21. The fourth-order valence-corrected chi connectivity index (χ4v) is 0.581. The van der Waals surface area contributed by atoms with Gasteiger partial charge in [0.2, 0.25) is 0 Å². The first-order valence-electron chi connectivity index (χ1n) is 3.88. The summed E-state index contributed by atoms with van der Waals surface area (Å²) >= 11 is 0. The van der Waals surface area contributed by atoms with E-state index in [1.165, 1.54) is 0 Å². The van der Waals surface area contributed by atoms with E-state index in [4.69, 9.17) is 18.1 Å². The van der Waals surface area contributed by atoms with Crippen LogP contribution >= 0.6 is 0 Å². The lowest BCUT2D eigenvalue weighted by atomic mass is 10.2. The van der Waals surface area contributed by atoms with Crippen LogP contribution in [0.5, 0.6) is 0 Å². The smallest absolute Gasteiger partial charge is 0.478 e. The molecule has 0 aliphatic heterocycles. The fraction of sp³-hybridized carbons (Fsp3) is 0.125. The summed E-state index contributed by atoms with van der Waals surface area (Å²) in [6, 6.07) is 8.30. The monoisotopic (exact) mass is 272 g/mol. The molecule has 0 atom stereocenters. The predicted molar refractivity (Wildman–Crippen MR) is 51.0 cm³/mol. The maximum Gasteiger partial charge on any atom is 0.522 e. The summed E-state index contributed by atoms with van der Waals surface area (Å²) in [7, 11) is -5.84. The van der Waals surface area contributed by atoms with E-state index in [2.05, 4.69) is 0 Å². The Hall–Kier alpha value is -1.61. The minimum atomic E-state index is -5.84. The molecule has 0 spiro atoms. The van der Waals surface area contributed by atoms with Gasteiger partial charge < -0.3 is 5.11 Å². The third-order valence-corrected chi connectivity index (χ3v) is 1.90. The molecule has 0 aliphatic rings. The molecule has 0 saturated heterocycles. The summed E-state index contributed by atoms with van der Waals surface area (Å²) in [5.41, 5.74) is -5.20. The molecule has 1 rings (SSSR count). The van der Waals surface area contributed by atoms with Crippen molar-refractivity contribution in [2.45, 2.75) is 5.51 Å². The van der Waals surface area contributed by atoms with E-state index in [1.807, 2.05) is 0 Å². The van der Waals surface area contributed by atoms with Crippen molar-refractivity contribution in [3.8, 4) is 0 Å². The van der Waals surface area contributed by atoms with Gasteiger partial charge in [0.15, 0.2) is 0 Å². The van der Waals surface area contributed by atoms with Gasteiger partial charge in [0.05, 0.1) is 5.56 Å². The fourth-order valence-electron chi connectivity index (χ4n) is 0.581. The van der Waals surface area contributed by atoms with Crippen LogP contribution in [0.3, 0.4) is 0 Å². The van der Waals surface area contributed by atoms with Crippen LogP contribution in [0.15, 0.2) is 30.3 Å². The maximum atomic E-state index is 10.7. The second kappa shape index (κ2) is 5.64. The second-order valence-electron chi connectivity index (χ2n) is 2.59. The Morgan fingerprint density at radius 3 is 1.65 bits per heavy atom. The van der Waals surface area contributed by atoms with E-state index in [-0.39, 0.29) is 0 Å². The van der Waals surface area contributed by atoms with Crippen LogP contribution in [-0.2, 0) is 10.1 Å². The number of carboxylic acid groups (broad SMARTS) is 1. The third kappa shape index (κ3) is 5.88. The molecule has 9 heteroatoms. The topological polar surface area (TPSA) is 91.7 Å². The zero-order chi connectivity index (χ0) is 13.7. The Morgan fingerprint density at radius 2 is 1.47 bits per heavy atom. The van der Waals surface area contributed by atoms with E-state index in [0.717, 1.165) is 0 Å². The van der Waals surface area contributed by atoms with Gasteiger partial charge in [0, 0.05) is 0 Å². The zero-order valence-electron chi connectivity index (χ0n) is 8.05. The van der Waals surface area contributed by atoms with Crippen molar-refractivity contribution in [3.05, 3.63) is 35.9 Å². The highest BCUT2D eigenvalue weighted by Crippen LogP contribution is 2.20. The van der Waals surface area contributed by atoms with Gasteiger partial charge in [0.25, 0.3) is 0 Å². The van der Waals surface area contributed by atoms with E-state index < -0.39 is 21.6 Å². The van der Waals surface area contributed by atoms with E-state index >= 15 is 0 Å². The highest BCUT2D eigenvalue weighted by atomic mass is 32.2. The molecule has 0 unspecified atom stereocenters. The van der Waals surface area contributed by atoms with E-state index in [0.29, 0.717) is 5.56 Å². The van der Waals surface area contributed by atoms with Gasteiger partial charge in [-0.1, -0.05) is 18.2 Å². The van der Waals surface area contributed by atoms with Gasteiger partial charge in [0.1, 0.15) is 0 Å². The molecule has 0 bridgehead atoms. The molecule has 0 saturated carbocycles. The van der Waals surface area contributed by atoms with Crippen molar-refractivity contribution >= 4 is 16.1 Å². The van der Waals surface area contributed by atoms with Crippen LogP contribution < -0.4 is 0 Å². The standard InChI is InChI=1S/C7H6O2.CHF3O3S/c8-7(9)6-4-2-1-3-5-6;2-1(3,4)8(5,6)7/h1-5H,(H,8,9);(H,5,6,7). The summed E-state index contributed by atoms with van der Waals surface area (Å²) in [5.74, 6) is -0.879. The molecule has 0 amide bonds. The number of alkyl halides is 3. The Kier molecular flexibility index (Phi) is 5.10. The lowest BCUT2D eigenvalue weighted by Gasteiger charge is -1.97. The summed E-state index contributed by atoms with van der Waals surface area (Å²) in [5, 5.41) is 8.38. The second-order valence-corrected chi connectivity index (χ2v) is 4.01. The minimum Gasteiger partial charge on any atom is -0.478 e. The molecule has 17 heavy (non-hydrogen) atoms. The van der Waals surface area contributed by atoms with Crippen molar-refractivity contribution in [2.75, 3.05) is 0 Å². The quantitative estimate of drug-likeness (QED) is 0.600. The average molecular weight is 272 g/mol. The number of halogens is 3. The number of carboxylic acids is 1. The lowest BCUT2D eigenvalue weighted by molar-refractivity contribution is -0.0510. The summed E-state index contributed by atoms with van der Waals surface area (Å²) < 4.78 is 57.5. The summed E-state index contributed by atoms with van der Waals surface area (Å²) in [4.78, 5) is 10.2. The minimum absolute atomic E-state index is 0.331. The van der Waals surface area contributed by atoms with Gasteiger partial charge in [-0.05, 0) is 12.1 Å². The Balaban J connectivity index is 0.000000304. The van der Waals surface area contributed by atoms with Gasteiger partial charge in [-0.25, -0.2) is 4.79 Å². The number of rotatable bonds is 1. The molecule has 0 aromatic heterocycles. The van der Waals surface area contributed by atoms with Gasteiger partial charge in [-0.3, -0.25) is 4.55 Å². The first-order valence-corrected chi connectivity index (χ1v) is 5.32. The van der Waals surface area contributed by atoms with Crippen LogP contribution in [0, 0.1) is 0 Å². The number of carbonyl (C=O) groups is 1.